The number of piperidine rings is 1. The van der Waals surface area contributed by atoms with E-state index in [4.69, 9.17) is 5.10 Å². The Hall–Kier alpha value is -3.66. The third kappa shape index (κ3) is 4.42. The molecule has 3 aromatic heterocycles. The Morgan fingerprint density at radius 2 is 1.86 bits per heavy atom. The summed E-state index contributed by atoms with van der Waals surface area (Å²) >= 11 is 0. The number of fused-ring (bicyclic) bond motifs is 2. The van der Waals surface area contributed by atoms with Crippen molar-refractivity contribution < 1.29 is 27.9 Å². The van der Waals surface area contributed by atoms with Gasteiger partial charge in [0, 0.05) is 48.3 Å². The molecule has 1 N–H and O–H groups in total. The van der Waals surface area contributed by atoms with Crippen molar-refractivity contribution in [3.8, 4) is 11.4 Å². The first-order valence-electron chi connectivity index (χ1n) is 14.7. The van der Waals surface area contributed by atoms with Crippen LogP contribution < -0.4 is 0 Å². The number of para-hydroxylation sites is 1. The Balaban J connectivity index is 1.17. The van der Waals surface area contributed by atoms with Crippen LogP contribution in [0.25, 0.3) is 27.8 Å². The van der Waals surface area contributed by atoms with E-state index in [1.165, 1.54) is 23.9 Å². The molecule has 0 radical (unpaired) electrons. The number of aliphatic hydroxyl groups is 1. The van der Waals surface area contributed by atoms with Crippen molar-refractivity contribution in [2.75, 3.05) is 13.1 Å². The van der Waals surface area contributed by atoms with Gasteiger partial charge in [-0.2, -0.15) is 18.3 Å². The maximum absolute atomic E-state index is 13.1. The number of aromatic nitrogens is 3. The molecule has 2 saturated carbocycles. The summed E-state index contributed by atoms with van der Waals surface area (Å²) in [5.74, 6) is -0.223. The minimum absolute atomic E-state index is 0.212. The number of rotatable bonds is 6. The fraction of sp³-hybridized carbons (Fsp3) is 0.469. The van der Waals surface area contributed by atoms with Crippen molar-refractivity contribution in [1.82, 2.24) is 19.1 Å². The van der Waals surface area contributed by atoms with Gasteiger partial charge in [0.15, 0.2) is 11.9 Å². The summed E-state index contributed by atoms with van der Waals surface area (Å²) in [5.41, 5.74) is 4.19. The monoisotopic (exact) mass is 578 g/mol. The normalized spacial score (nSPS) is 23.5. The molecule has 4 heterocycles. The van der Waals surface area contributed by atoms with Crippen molar-refractivity contribution >= 4 is 28.6 Å². The van der Waals surface area contributed by atoms with Gasteiger partial charge in [0.05, 0.1) is 16.7 Å². The number of alkyl halides is 3. The Kier molecular flexibility index (Phi) is 6.27. The molecule has 0 unspecified atom stereocenters. The molecule has 0 atom stereocenters. The predicted octanol–water partition coefficient (Wildman–Crippen LogP) is 5.90. The van der Waals surface area contributed by atoms with Crippen LogP contribution in [0.1, 0.15) is 65.9 Å². The standard InChI is InChI=1S/C32H33F3N4O3/c1-19-26-8-7-21(18-40)17-39(26)36-28(19)27-13-23-3-2-4-25(29(23)38(27)16-20-5-6-20)22-9-11-37(12-10-22)30(41)24-14-31(42,15-24)32(33,34)35/h2-4,7-8,13,17-18,20,22,24,42H,5-6,9-12,14-16H2,1H3. The summed E-state index contributed by atoms with van der Waals surface area (Å²) in [4.78, 5) is 26.0. The zero-order valence-electron chi connectivity index (χ0n) is 23.4. The van der Waals surface area contributed by atoms with E-state index >= 15 is 0 Å². The van der Waals surface area contributed by atoms with Gasteiger partial charge in [-0.1, -0.05) is 18.2 Å². The second-order valence-corrected chi connectivity index (χ2v) is 12.5. The predicted molar refractivity (Wildman–Crippen MR) is 151 cm³/mol. The molecule has 3 fully saturated rings. The number of hydrogen-bond acceptors (Lipinski definition) is 4. The lowest BCUT2D eigenvalue weighted by Gasteiger charge is -2.45. The van der Waals surface area contributed by atoms with Gasteiger partial charge < -0.3 is 14.6 Å². The highest BCUT2D eigenvalue weighted by Crippen LogP contribution is 2.49. The van der Waals surface area contributed by atoms with Crippen LogP contribution in [-0.4, -0.2) is 61.2 Å². The van der Waals surface area contributed by atoms with Crippen molar-refractivity contribution in [3.63, 3.8) is 0 Å². The lowest BCUT2D eigenvalue weighted by Crippen LogP contribution is -2.59. The minimum Gasteiger partial charge on any atom is -0.380 e. The second kappa shape index (κ2) is 9.69. The molecule has 7 nitrogen and oxygen atoms in total. The molecular formula is C32H33F3N4O3. The van der Waals surface area contributed by atoms with E-state index in [0.717, 1.165) is 53.5 Å². The van der Waals surface area contributed by atoms with Crippen LogP contribution >= 0.6 is 0 Å². The van der Waals surface area contributed by atoms with E-state index < -0.39 is 30.5 Å². The van der Waals surface area contributed by atoms with E-state index in [1.807, 2.05) is 6.07 Å². The summed E-state index contributed by atoms with van der Waals surface area (Å²) in [6, 6.07) is 12.3. The summed E-state index contributed by atoms with van der Waals surface area (Å²) in [7, 11) is 0. The van der Waals surface area contributed by atoms with Gasteiger partial charge in [-0.05, 0) is 81.0 Å². The van der Waals surface area contributed by atoms with Gasteiger partial charge in [0.25, 0.3) is 0 Å². The largest absolute Gasteiger partial charge is 0.417 e. The number of halogens is 3. The first-order valence-corrected chi connectivity index (χ1v) is 14.7. The molecule has 4 aromatic rings. The Bertz CT molecular complexity index is 1700. The zero-order chi connectivity index (χ0) is 29.4. The molecule has 3 aliphatic rings. The molecule has 2 aliphatic carbocycles. The number of nitrogens with zero attached hydrogens (tertiary/aromatic N) is 4. The highest BCUT2D eigenvalue weighted by molar-refractivity contribution is 5.91. The highest BCUT2D eigenvalue weighted by Gasteiger charge is 2.63. The van der Waals surface area contributed by atoms with Crippen molar-refractivity contribution in [2.45, 2.75) is 69.7 Å². The number of carbonyl (C=O) groups is 2. The molecule has 0 spiro atoms. The molecule has 1 saturated heterocycles. The lowest BCUT2D eigenvalue weighted by molar-refractivity contribution is -0.296. The SMILES string of the molecule is Cc1c(-c2cc3cccc(C4CCN(C(=O)C5CC(O)(C(F)(F)F)C5)CC4)c3n2CC2CC2)nn2cc(C=O)ccc12. The average Bonchev–Trinajstić information content (AvgIpc) is 3.63. The van der Waals surface area contributed by atoms with Crippen LogP contribution in [0.2, 0.25) is 0 Å². The molecule has 1 aromatic carbocycles. The summed E-state index contributed by atoms with van der Waals surface area (Å²) in [5, 5.41) is 15.8. The van der Waals surface area contributed by atoms with Crippen molar-refractivity contribution in [2.24, 2.45) is 11.8 Å². The quantitative estimate of drug-likeness (QED) is 0.289. The van der Waals surface area contributed by atoms with Gasteiger partial charge in [0.2, 0.25) is 5.91 Å². The molecule has 1 aliphatic heterocycles. The maximum Gasteiger partial charge on any atom is 0.417 e. The number of carbonyl (C=O) groups excluding carboxylic acids is 2. The van der Waals surface area contributed by atoms with Gasteiger partial charge in [-0.15, -0.1) is 0 Å². The van der Waals surface area contributed by atoms with Crippen molar-refractivity contribution in [1.29, 1.82) is 0 Å². The van der Waals surface area contributed by atoms with E-state index in [0.29, 0.717) is 24.6 Å². The number of amides is 1. The Labute approximate surface area is 240 Å². The molecule has 42 heavy (non-hydrogen) atoms. The maximum atomic E-state index is 13.1. The smallest absolute Gasteiger partial charge is 0.380 e. The number of likely N-dealkylation sites (tertiary alicyclic amines) is 1. The fourth-order valence-electron chi connectivity index (χ4n) is 6.96. The van der Waals surface area contributed by atoms with Crippen LogP contribution in [0, 0.1) is 18.8 Å². The molecule has 1 amide bonds. The van der Waals surface area contributed by atoms with Crippen LogP contribution in [-0.2, 0) is 11.3 Å². The first kappa shape index (κ1) is 27.2. The van der Waals surface area contributed by atoms with E-state index in [-0.39, 0.29) is 11.8 Å². The van der Waals surface area contributed by atoms with Gasteiger partial charge in [0.1, 0.15) is 5.69 Å². The van der Waals surface area contributed by atoms with E-state index in [9.17, 15) is 27.9 Å². The number of aldehydes is 1. The number of aryl methyl sites for hydroxylation is 1. The van der Waals surface area contributed by atoms with Crippen LogP contribution in [0.4, 0.5) is 13.2 Å². The third-order valence-corrected chi connectivity index (χ3v) is 9.66. The Morgan fingerprint density at radius 3 is 2.52 bits per heavy atom. The van der Waals surface area contributed by atoms with Crippen LogP contribution in [0.15, 0.2) is 42.6 Å². The highest BCUT2D eigenvalue weighted by atomic mass is 19.4. The molecule has 7 rings (SSSR count). The average molecular weight is 579 g/mol. The molecule has 0 bridgehead atoms. The van der Waals surface area contributed by atoms with Gasteiger partial charge in [-0.3, -0.25) is 9.59 Å². The minimum atomic E-state index is -4.70. The zero-order valence-corrected chi connectivity index (χ0v) is 23.4. The summed E-state index contributed by atoms with van der Waals surface area (Å²) < 4.78 is 43.4. The number of pyridine rings is 1. The fourth-order valence-corrected chi connectivity index (χ4v) is 6.96. The third-order valence-electron chi connectivity index (χ3n) is 9.66. The van der Waals surface area contributed by atoms with E-state index in [2.05, 4.69) is 35.8 Å². The topological polar surface area (TPSA) is 79.8 Å². The summed E-state index contributed by atoms with van der Waals surface area (Å²) in [6.45, 7) is 3.93. The molecule has 10 heteroatoms. The van der Waals surface area contributed by atoms with Gasteiger partial charge in [-0.25, -0.2) is 4.52 Å². The Morgan fingerprint density at radius 1 is 1.12 bits per heavy atom. The number of benzene rings is 1. The van der Waals surface area contributed by atoms with Crippen LogP contribution in [0.3, 0.4) is 0 Å². The molecular weight excluding hydrogens is 545 g/mol. The van der Waals surface area contributed by atoms with Crippen molar-refractivity contribution in [3.05, 3.63) is 59.3 Å². The summed E-state index contributed by atoms with van der Waals surface area (Å²) in [6.07, 6.45) is 0.610. The molecule has 220 valence electrons. The van der Waals surface area contributed by atoms with Crippen LogP contribution in [0.5, 0.6) is 0 Å². The van der Waals surface area contributed by atoms with E-state index in [1.54, 1.807) is 21.7 Å². The van der Waals surface area contributed by atoms with Gasteiger partial charge >= 0.3 is 6.18 Å². The second-order valence-electron chi connectivity index (χ2n) is 12.5. The first-order chi connectivity index (χ1) is 20.1. The lowest BCUT2D eigenvalue weighted by atomic mass is 9.69. The number of hydrogen-bond donors (Lipinski definition) is 1.